The average Bonchev–Trinajstić information content (AvgIpc) is 3.27. The molecule has 0 bridgehead atoms. The van der Waals surface area contributed by atoms with E-state index in [0.29, 0.717) is 22.8 Å². The number of sulfone groups is 1. The zero-order valence-corrected chi connectivity index (χ0v) is 16.0. The number of hydrogen-bond donors (Lipinski definition) is 1. The van der Waals surface area contributed by atoms with Gasteiger partial charge in [-0.25, -0.2) is 18.1 Å². The Kier molecular flexibility index (Phi) is 5.13. The van der Waals surface area contributed by atoms with Gasteiger partial charge >= 0.3 is 0 Å². The largest absolute Gasteiger partial charge is 0.297 e. The Morgan fingerprint density at radius 2 is 2.35 bits per heavy atom. The first-order valence-electron chi connectivity index (χ1n) is 7.58. The molecule has 1 N–H and O–H groups in total. The molecule has 1 atom stereocenters. The number of nitriles is 1. The molecule has 0 saturated carbocycles. The van der Waals surface area contributed by atoms with Crippen LogP contribution < -0.4 is 5.32 Å². The number of anilines is 1. The Hall–Kier alpha value is -2.22. The highest BCUT2D eigenvalue weighted by atomic mass is 35.5. The van der Waals surface area contributed by atoms with Crippen LogP contribution in [0.25, 0.3) is 6.08 Å². The second-order valence-electron chi connectivity index (χ2n) is 5.75. The summed E-state index contributed by atoms with van der Waals surface area (Å²) in [5.41, 5.74) is 0.777. The monoisotopic (exact) mass is 411 g/mol. The highest BCUT2D eigenvalue weighted by Crippen LogP contribution is 2.31. The molecule has 1 aliphatic rings. The van der Waals surface area contributed by atoms with Crippen LogP contribution in [-0.2, 0) is 14.6 Å². The van der Waals surface area contributed by atoms with Crippen LogP contribution in [0, 0.1) is 18.3 Å². The predicted octanol–water partition coefficient (Wildman–Crippen LogP) is 2.21. The number of rotatable bonds is 4. The van der Waals surface area contributed by atoms with E-state index in [1.54, 1.807) is 12.3 Å². The summed E-state index contributed by atoms with van der Waals surface area (Å²) in [6.45, 7) is 1.69. The van der Waals surface area contributed by atoms with Gasteiger partial charge in [0, 0.05) is 17.1 Å². The number of halogens is 1. The Morgan fingerprint density at radius 1 is 1.58 bits per heavy atom. The smallest absolute Gasteiger partial charge is 0.268 e. The Bertz CT molecular complexity index is 1020. The molecule has 0 spiro atoms. The highest BCUT2D eigenvalue weighted by Gasteiger charge is 2.32. The summed E-state index contributed by atoms with van der Waals surface area (Å²) in [4.78, 5) is 16.2. The minimum Gasteiger partial charge on any atom is -0.297 e. The van der Waals surface area contributed by atoms with Gasteiger partial charge in [-0.3, -0.25) is 10.1 Å². The van der Waals surface area contributed by atoms with Gasteiger partial charge in [0.1, 0.15) is 16.8 Å². The zero-order chi connectivity index (χ0) is 18.9. The topological polar surface area (TPSA) is 118 Å². The molecule has 0 aliphatic carbocycles. The van der Waals surface area contributed by atoms with Crippen molar-refractivity contribution in [2.75, 3.05) is 16.8 Å². The van der Waals surface area contributed by atoms with E-state index in [2.05, 4.69) is 15.4 Å². The maximum absolute atomic E-state index is 12.2. The van der Waals surface area contributed by atoms with E-state index < -0.39 is 15.7 Å². The van der Waals surface area contributed by atoms with Gasteiger partial charge in [-0.15, -0.1) is 11.3 Å². The molecular formula is C15H14ClN5O3S2. The van der Waals surface area contributed by atoms with Gasteiger partial charge < -0.3 is 0 Å². The molecule has 3 heterocycles. The molecule has 0 unspecified atom stereocenters. The van der Waals surface area contributed by atoms with Crippen LogP contribution in [0.5, 0.6) is 0 Å². The van der Waals surface area contributed by atoms with Crippen LogP contribution >= 0.6 is 22.9 Å². The van der Waals surface area contributed by atoms with Crippen LogP contribution in [-0.4, -0.2) is 40.6 Å². The number of aromatic nitrogens is 3. The van der Waals surface area contributed by atoms with E-state index in [0.717, 1.165) is 0 Å². The summed E-state index contributed by atoms with van der Waals surface area (Å²) in [7, 11) is -3.09. The van der Waals surface area contributed by atoms with Crippen molar-refractivity contribution in [3.63, 3.8) is 0 Å². The van der Waals surface area contributed by atoms with Crippen molar-refractivity contribution in [2.45, 2.75) is 19.4 Å². The van der Waals surface area contributed by atoms with E-state index in [4.69, 9.17) is 11.6 Å². The van der Waals surface area contributed by atoms with Crippen molar-refractivity contribution >= 4 is 49.9 Å². The van der Waals surface area contributed by atoms with E-state index in [9.17, 15) is 18.5 Å². The number of amides is 1. The molecule has 11 heteroatoms. The van der Waals surface area contributed by atoms with E-state index >= 15 is 0 Å². The maximum Gasteiger partial charge on any atom is 0.268 e. The SMILES string of the molecule is Cc1nn([C@@H]2CCS(=O)(=O)C2)c(Cl)c1/C=C(\C#N)C(=O)Nc1nccs1. The van der Waals surface area contributed by atoms with Gasteiger partial charge in [-0.2, -0.15) is 10.4 Å². The molecule has 1 fully saturated rings. The van der Waals surface area contributed by atoms with Gasteiger partial charge in [-0.05, 0) is 19.4 Å². The Balaban J connectivity index is 1.90. The lowest BCUT2D eigenvalue weighted by molar-refractivity contribution is -0.112. The van der Waals surface area contributed by atoms with Gasteiger partial charge in [0.25, 0.3) is 5.91 Å². The third kappa shape index (κ3) is 3.80. The van der Waals surface area contributed by atoms with Gasteiger partial charge in [0.05, 0.1) is 23.2 Å². The molecule has 8 nitrogen and oxygen atoms in total. The molecule has 1 amide bonds. The third-order valence-corrected chi connectivity index (χ3v) is 6.75. The van der Waals surface area contributed by atoms with Crippen molar-refractivity contribution in [3.8, 4) is 6.07 Å². The summed E-state index contributed by atoms with van der Waals surface area (Å²) < 4.78 is 24.8. The molecule has 26 heavy (non-hydrogen) atoms. The summed E-state index contributed by atoms with van der Waals surface area (Å²) in [6, 6.07) is 1.50. The lowest BCUT2D eigenvalue weighted by atomic mass is 10.1. The maximum atomic E-state index is 12.2. The molecular weight excluding hydrogens is 398 g/mol. The minimum atomic E-state index is -3.09. The number of carbonyl (C=O) groups is 1. The molecule has 0 radical (unpaired) electrons. The van der Waals surface area contributed by atoms with Crippen molar-refractivity contribution in [3.05, 3.63) is 33.6 Å². The van der Waals surface area contributed by atoms with Gasteiger partial charge in [0.15, 0.2) is 15.0 Å². The molecule has 2 aromatic rings. The van der Waals surface area contributed by atoms with Crippen LogP contribution in [0.2, 0.25) is 5.15 Å². The number of aryl methyl sites for hydroxylation is 1. The van der Waals surface area contributed by atoms with E-state index in [1.807, 2.05) is 6.07 Å². The standard InChI is InChI=1S/C15H14ClN5O3S2/c1-9-12(6-10(7-17)14(22)19-15-18-3-4-25-15)13(16)21(20-9)11-2-5-26(23,24)8-11/h3-4,6,11H,2,5,8H2,1H3,(H,18,19,22)/b10-6+/t11-/m1/s1. The molecule has 3 rings (SSSR count). The fourth-order valence-corrected chi connectivity index (χ4v) is 5.23. The summed E-state index contributed by atoms with van der Waals surface area (Å²) >= 11 is 7.59. The minimum absolute atomic E-state index is 0.0212. The average molecular weight is 412 g/mol. The normalized spacial score (nSPS) is 19.3. The molecule has 136 valence electrons. The molecule has 1 aliphatic heterocycles. The first-order chi connectivity index (χ1) is 12.3. The number of thiazole rings is 1. The zero-order valence-electron chi connectivity index (χ0n) is 13.6. The van der Waals surface area contributed by atoms with Crippen LogP contribution in [0.3, 0.4) is 0 Å². The van der Waals surface area contributed by atoms with Gasteiger partial charge in [0.2, 0.25) is 0 Å². The van der Waals surface area contributed by atoms with Crippen LogP contribution in [0.1, 0.15) is 23.7 Å². The Labute approximate surface area is 159 Å². The van der Waals surface area contributed by atoms with E-state index in [1.165, 1.54) is 28.3 Å². The second kappa shape index (κ2) is 7.19. The summed E-state index contributed by atoms with van der Waals surface area (Å²) in [5, 5.41) is 18.4. The van der Waals surface area contributed by atoms with Crippen molar-refractivity contribution in [1.82, 2.24) is 14.8 Å². The third-order valence-electron chi connectivity index (χ3n) is 3.93. The fourth-order valence-electron chi connectivity index (χ4n) is 2.65. The quantitative estimate of drug-likeness (QED) is 0.608. The first kappa shape index (κ1) is 18.6. The summed E-state index contributed by atoms with van der Waals surface area (Å²) in [5.74, 6) is -0.529. The first-order valence-corrected chi connectivity index (χ1v) is 10.7. The number of hydrogen-bond acceptors (Lipinski definition) is 7. The fraction of sp³-hybridized carbons (Fsp3) is 0.333. The molecule has 0 aromatic carbocycles. The number of carbonyl (C=O) groups excluding carboxylic acids is 1. The lowest BCUT2D eigenvalue weighted by Crippen LogP contribution is -2.13. The lowest BCUT2D eigenvalue weighted by Gasteiger charge is -2.09. The van der Waals surface area contributed by atoms with E-state index in [-0.39, 0.29) is 28.3 Å². The van der Waals surface area contributed by atoms with Crippen LogP contribution in [0.15, 0.2) is 17.2 Å². The van der Waals surface area contributed by atoms with Crippen molar-refractivity contribution in [2.24, 2.45) is 0 Å². The van der Waals surface area contributed by atoms with Gasteiger partial charge in [-0.1, -0.05) is 11.6 Å². The predicted molar refractivity (Wildman–Crippen MR) is 98.6 cm³/mol. The summed E-state index contributed by atoms with van der Waals surface area (Å²) in [6.07, 6.45) is 3.33. The number of nitrogens with zero attached hydrogens (tertiary/aromatic N) is 4. The highest BCUT2D eigenvalue weighted by molar-refractivity contribution is 7.91. The van der Waals surface area contributed by atoms with Crippen molar-refractivity contribution < 1.29 is 13.2 Å². The molecule has 1 saturated heterocycles. The Morgan fingerprint density at radius 3 is 2.92 bits per heavy atom. The number of nitrogens with one attached hydrogen (secondary N) is 1. The second-order valence-corrected chi connectivity index (χ2v) is 9.23. The van der Waals surface area contributed by atoms with Crippen molar-refractivity contribution in [1.29, 1.82) is 5.26 Å². The van der Waals surface area contributed by atoms with Crippen LogP contribution in [0.4, 0.5) is 5.13 Å². The molecule has 2 aromatic heterocycles.